The van der Waals surface area contributed by atoms with Crippen molar-refractivity contribution in [2.75, 3.05) is 39.6 Å². The SMILES string of the molecule is C[C@H](CC[C@]1(O)O[C@H]2C[C@H]3[C@@H]4C[C@@H](O)[C@H]5C[C@@H](O[C@@H]6O[C@H](CO)[C@H](O[C@@H]7O[C@H](CO)[C@@H](O)[C@H](O[C@@H]8O[C@H](CO)[C@@H](O)[C@H](O)[C@H]8O)[C@H]7O[C@@H]7O[C@H](CO)[C@@H](O)[C@H](O)[C@H]7O)[C@H](O)[C@H]6O)[C@H](O)C[C@]5(C)[C@H]4CC[C@]3(C)[C@H]2[C@@H]1C)CO[C@@H]1O[C@H](CO)[C@@H](O)[C@H](O)[C@H]1O. The molecule has 0 aromatic rings. The van der Waals surface area contributed by atoms with Gasteiger partial charge in [-0.25, -0.2) is 0 Å². The van der Waals surface area contributed by atoms with Crippen LogP contribution in [0.5, 0.6) is 0 Å². The van der Waals surface area contributed by atoms with Crippen molar-refractivity contribution < 1.29 is 154 Å². The topological polar surface area (TPSA) is 506 Å². The second-order valence-electron chi connectivity index (χ2n) is 27.4. The number of ether oxygens (including phenoxy) is 11. The first-order valence-corrected chi connectivity index (χ1v) is 31.1. The van der Waals surface area contributed by atoms with Crippen LogP contribution in [0.2, 0.25) is 0 Å². The van der Waals surface area contributed by atoms with Crippen LogP contribution in [0.4, 0.5) is 0 Å². The molecule has 6 aliphatic heterocycles. The molecule has 10 aliphatic rings. The van der Waals surface area contributed by atoms with E-state index in [0.717, 1.165) is 12.8 Å². The first-order chi connectivity index (χ1) is 41.6. The molecule has 510 valence electrons. The van der Waals surface area contributed by atoms with Gasteiger partial charge in [-0.2, -0.15) is 0 Å². The van der Waals surface area contributed by atoms with Crippen molar-refractivity contribution in [2.45, 2.75) is 263 Å². The van der Waals surface area contributed by atoms with Crippen molar-refractivity contribution >= 4 is 0 Å². The van der Waals surface area contributed by atoms with Gasteiger partial charge < -0.3 is 154 Å². The Labute approximate surface area is 507 Å². The van der Waals surface area contributed by atoms with E-state index < -0.39 is 222 Å². The Bertz CT molecular complexity index is 2260. The molecular formula is C57H96O31. The fourth-order valence-corrected chi connectivity index (χ4v) is 17.2. The average Bonchev–Trinajstić information content (AvgIpc) is 1.48. The molecule has 0 unspecified atom stereocenters. The zero-order chi connectivity index (χ0) is 64.0. The molecule has 0 aromatic heterocycles. The van der Waals surface area contributed by atoms with Gasteiger partial charge in [-0.3, -0.25) is 0 Å². The van der Waals surface area contributed by atoms with E-state index in [9.17, 15) is 102 Å². The lowest BCUT2D eigenvalue weighted by Crippen LogP contribution is -2.69. The predicted molar refractivity (Wildman–Crippen MR) is 287 cm³/mol. The monoisotopic (exact) mass is 1280 g/mol. The minimum absolute atomic E-state index is 0.00523. The third kappa shape index (κ3) is 12.5. The number of rotatable bonds is 19. The molecular weight excluding hydrogens is 1180 g/mol. The molecule has 39 atom stereocenters. The van der Waals surface area contributed by atoms with Crippen molar-refractivity contribution in [3.05, 3.63) is 0 Å². The number of hydrogen-bond donors (Lipinski definition) is 20. The van der Waals surface area contributed by atoms with E-state index in [1.54, 1.807) is 0 Å². The van der Waals surface area contributed by atoms with Crippen molar-refractivity contribution in [2.24, 2.45) is 52.3 Å². The van der Waals surface area contributed by atoms with Crippen LogP contribution in [0.1, 0.15) is 79.1 Å². The Hall–Kier alpha value is -1.24. The van der Waals surface area contributed by atoms with Crippen LogP contribution in [0.3, 0.4) is 0 Å². The molecule has 0 radical (unpaired) electrons. The van der Waals surface area contributed by atoms with E-state index in [1.807, 2.05) is 13.8 Å². The Morgan fingerprint density at radius 1 is 0.466 bits per heavy atom. The van der Waals surface area contributed by atoms with Gasteiger partial charge in [0.15, 0.2) is 37.2 Å². The highest BCUT2D eigenvalue weighted by molar-refractivity contribution is 5.17. The Morgan fingerprint density at radius 3 is 1.51 bits per heavy atom. The molecule has 0 bridgehead atoms. The molecule has 10 rings (SSSR count). The predicted octanol–water partition coefficient (Wildman–Crippen LogP) is -8.19. The van der Waals surface area contributed by atoms with Crippen LogP contribution < -0.4 is 0 Å². The van der Waals surface area contributed by atoms with Gasteiger partial charge in [-0.05, 0) is 91.3 Å². The maximum Gasteiger partial charge on any atom is 0.187 e. The third-order valence-corrected chi connectivity index (χ3v) is 22.3. The van der Waals surface area contributed by atoms with Crippen molar-refractivity contribution in [1.82, 2.24) is 0 Å². The normalized spacial score (nSPS) is 56.0. The fourth-order valence-electron chi connectivity index (χ4n) is 17.2. The standard InChI is InChI=1S/C57H96O31/c1-19(18-78-50-43(73)39(69)35(65)29(13-58)80-50)5-8-57(77)20(2)34-28(88-57)10-23-21-9-25(63)24-11-27(26(64)12-56(24,4)22(21)6-7-55(23,34)3)79-51-46(76)42(72)47(33(17-62)84-51)85-54-49(87-53-45(75)41(71)37(67)31(15-60)82-53)48(38(68)32(16-61)83-54)86-52-44(74)40(70)36(66)30(14-59)81-52/h19-54,58-77H,5-18H2,1-4H3/t19-,20+,21-,22+,23+,24-,25-,26-,27-,28+,29-,30-,31-,32-,33-,34+,35-,36-,37-,38-,39+,40+,41+,42-,43-,44-,45-,46-,47+,48+,49-,50-,51-,52+,53+,54+,55+,56-,57+/m1/s1. The summed E-state index contributed by atoms with van der Waals surface area (Å²) < 4.78 is 65.5. The number of fused-ring (bicyclic) bond motifs is 7. The van der Waals surface area contributed by atoms with Crippen molar-refractivity contribution in [3.8, 4) is 0 Å². The van der Waals surface area contributed by atoms with E-state index >= 15 is 0 Å². The zero-order valence-corrected chi connectivity index (χ0v) is 49.6. The second kappa shape index (κ2) is 27.5. The quantitative estimate of drug-likeness (QED) is 0.0534. The Balaban J connectivity index is 0.788. The summed E-state index contributed by atoms with van der Waals surface area (Å²) in [4.78, 5) is 0. The summed E-state index contributed by atoms with van der Waals surface area (Å²) in [5, 5.41) is 217. The Morgan fingerprint density at radius 2 is 0.943 bits per heavy atom. The molecule has 10 fully saturated rings. The van der Waals surface area contributed by atoms with Gasteiger partial charge in [0.2, 0.25) is 0 Å². The van der Waals surface area contributed by atoms with Gasteiger partial charge in [0, 0.05) is 12.3 Å². The largest absolute Gasteiger partial charge is 0.394 e. The minimum Gasteiger partial charge on any atom is -0.394 e. The molecule has 31 nitrogen and oxygen atoms in total. The van der Waals surface area contributed by atoms with Crippen molar-refractivity contribution in [1.29, 1.82) is 0 Å². The molecule has 4 saturated carbocycles. The number of hydrogen-bond acceptors (Lipinski definition) is 31. The molecule has 6 saturated heterocycles. The summed E-state index contributed by atoms with van der Waals surface area (Å²) in [6, 6.07) is 0. The van der Waals surface area contributed by atoms with E-state index in [4.69, 9.17) is 52.1 Å². The van der Waals surface area contributed by atoms with Crippen LogP contribution in [-0.4, -0.2) is 326 Å². The van der Waals surface area contributed by atoms with Crippen molar-refractivity contribution in [3.63, 3.8) is 0 Å². The van der Waals surface area contributed by atoms with Gasteiger partial charge in [0.05, 0.1) is 64.1 Å². The van der Waals surface area contributed by atoms with E-state index in [0.29, 0.717) is 25.7 Å². The van der Waals surface area contributed by atoms with Crippen LogP contribution in [0.15, 0.2) is 0 Å². The number of aliphatic hydroxyl groups is 20. The highest BCUT2D eigenvalue weighted by Crippen LogP contribution is 2.71. The van der Waals surface area contributed by atoms with Crippen LogP contribution in [0, 0.1) is 52.3 Å². The summed E-state index contributed by atoms with van der Waals surface area (Å²) in [7, 11) is 0. The smallest absolute Gasteiger partial charge is 0.187 e. The van der Waals surface area contributed by atoms with Crippen LogP contribution in [-0.2, 0) is 52.1 Å². The Kier molecular flexibility index (Phi) is 21.7. The molecule has 0 aromatic carbocycles. The second-order valence-corrected chi connectivity index (χ2v) is 27.4. The van der Waals surface area contributed by atoms with Gasteiger partial charge in [0.1, 0.15) is 122 Å². The highest BCUT2D eigenvalue weighted by atomic mass is 16.8. The molecule has 4 aliphatic carbocycles. The maximum absolute atomic E-state index is 12.2. The van der Waals surface area contributed by atoms with Crippen LogP contribution in [0.25, 0.3) is 0 Å². The lowest BCUT2D eigenvalue weighted by Gasteiger charge is -2.63. The molecule has 88 heavy (non-hydrogen) atoms. The lowest BCUT2D eigenvalue weighted by atomic mass is 9.43. The molecule has 6 heterocycles. The van der Waals surface area contributed by atoms with E-state index in [-0.39, 0.29) is 66.5 Å². The van der Waals surface area contributed by atoms with E-state index in [2.05, 4.69) is 13.8 Å². The summed E-state index contributed by atoms with van der Waals surface area (Å²) >= 11 is 0. The third-order valence-electron chi connectivity index (χ3n) is 22.3. The fraction of sp³-hybridized carbons (Fsp3) is 1.00. The van der Waals surface area contributed by atoms with Gasteiger partial charge in [-0.1, -0.05) is 27.7 Å². The van der Waals surface area contributed by atoms with Gasteiger partial charge >= 0.3 is 0 Å². The van der Waals surface area contributed by atoms with Gasteiger partial charge in [-0.15, -0.1) is 0 Å². The van der Waals surface area contributed by atoms with Gasteiger partial charge in [0.25, 0.3) is 0 Å². The number of aliphatic hydroxyl groups excluding tert-OH is 19. The maximum atomic E-state index is 12.2. The molecule has 0 spiro atoms. The summed E-state index contributed by atoms with van der Waals surface area (Å²) in [6.45, 7) is 4.03. The minimum atomic E-state index is -2.10. The molecule has 20 N–H and O–H groups in total. The zero-order valence-electron chi connectivity index (χ0n) is 49.6. The average molecular weight is 1280 g/mol. The lowest BCUT2D eigenvalue weighted by molar-refractivity contribution is -0.407. The molecule has 0 amide bonds. The van der Waals surface area contributed by atoms with E-state index in [1.165, 1.54) is 0 Å². The summed E-state index contributed by atoms with van der Waals surface area (Å²) in [5.41, 5.74) is -0.861. The molecule has 31 heteroatoms. The summed E-state index contributed by atoms with van der Waals surface area (Å²) in [5.74, 6) is -2.06. The first kappa shape index (κ1) is 69.6. The highest BCUT2D eigenvalue weighted by Gasteiger charge is 2.70. The van der Waals surface area contributed by atoms with Crippen LogP contribution >= 0.6 is 0 Å². The first-order valence-electron chi connectivity index (χ1n) is 31.1. The summed E-state index contributed by atoms with van der Waals surface area (Å²) in [6.07, 6.45) is -44.7.